The minimum atomic E-state index is -0.838. The first-order valence-corrected chi connectivity index (χ1v) is 5.09. The third-order valence-corrected chi connectivity index (χ3v) is 2.22. The summed E-state index contributed by atoms with van der Waals surface area (Å²) >= 11 is 0. The number of carboxylic acids is 1. The van der Waals surface area contributed by atoms with Crippen LogP contribution < -0.4 is 4.74 Å². The van der Waals surface area contributed by atoms with E-state index in [1.165, 1.54) is 0 Å². The van der Waals surface area contributed by atoms with E-state index in [9.17, 15) is 4.79 Å². The highest BCUT2D eigenvalue weighted by atomic mass is 16.5. The van der Waals surface area contributed by atoms with Crippen molar-refractivity contribution >= 4 is 5.97 Å². The van der Waals surface area contributed by atoms with Crippen LogP contribution >= 0.6 is 0 Å². The van der Waals surface area contributed by atoms with Gasteiger partial charge in [0, 0.05) is 5.56 Å². The predicted octanol–water partition coefficient (Wildman–Crippen LogP) is 2.49. The first-order chi connectivity index (χ1) is 7.13. The molecule has 1 aromatic carbocycles. The van der Waals surface area contributed by atoms with Crippen molar-refractivity contribution in [2.24, 2.45) is 0 Å². The second kappa shape index (κ2) is 5.39. The third-order valence-electron chi connectivity index (χ3n) is 2.22. The lowest BCUT2D eigenvalue weighted by atomic mass is 10.1. The third kappa shape index (κ3) is 3.62. The van der Waals surface area contributed by atoms with Crippen LogP contribution in [0.2, 0.25) is 0 Å². The molecule has 1 atom stereocenters. The number of carbonyl (C=O) groups is 1. The Bertz CT molecular complexity index is 333. The van der Waals surface area contributed by atoms with Crippen molar-refractivity contribution in [1.29, 1.82) is 0 Å². The van der Waals surface area contributed by atoms with Gasteiger partial charge < -0.3 is 9.84 Å². The molecule has 0 radical (unpaired) electrons. The summed E-state index contributed by atoms with van der Waals surface area (Å²) in [7, 11) is 0. The molecule has 0 fully saturated rings. The second-order valence-corrected chi connectivity index (χ2v) is 3.51. The highest BCUT2D eigenvalue weighted by molar-refractivity contribution is 5.71. The summed E-state index contributed by atoms with van der Waals surface area (Å²) in [5.41, 5.74) is 0.727. The topological polar surface area (TPSA) is 46.5 Å². The van der Waals surface area contributed by atoms with Crippen molar-refractivity contribution in [2.45, 2.75) is 32.8 Å². The monoisotopic (exact) mass is 208 g/mol. The Balaban J connectivity index is 2.81. The number of carboxylic acid groups (broad SMARTS) is 1. The molecule has 0 aromatic heterocycles. The summed E-state index contributed by atoms with van der Waals surface area (Å²) < 4.78 is 5.63. The standard InChI is InChI=1S/C12H16O3/c1-3-9(2)15-11-7-5-4-6-10(11)8-12(13)14/h4-7,9H,3,8H2,1-2H3,(H,13,14). The molecule has 1 unspecified atom stereocenters. The summed E-state index contributed by atoms with van der Waals surface area (Å²) in [6.07, 6.45) is 1.02. The van der Waals surface area contributed by atoms with Crippen molar-refractivity contribution in [2.75, 3.05) is 0 Å². The smallest absolute Gasteiger partial charge is 0.307 e. The minimum Gasteiger partial charge on any atom is -0.490 e. The molecule has 0 bridgehead atoms. The minimum absolute atomic E-state index is 0.00656. The molecule has 0 aliphatic rings. The number of benzene rings is 1. The van der Waals surface area contributed by atoms with Crippen LogP contribution in [0, 0.1) is 0 Å². The molecule has 1 N–H and O–H groups in total. The number of aliphatic carboxylic acids is 1. The number of para-hydroxylation sites is 1. The maximum absolute atomic E-state index is 10.6. The lowest BCUT2D eigenvalue weighted by molar-refractivity contribution is -0.136. The van der Waals surface area contributed by atoms with Gasteiger partial charge in [0.15, 0.2) is 0 Å². The van der Waals surface area contributed by atoms with E-state index in [2.05, 4.69) is 0 Å². The average molecular weight is 208 g/mol. The summed E-state index contributed by atoms with van der Waals surface area (Å²) in [5, 5.41) is 8.73. The van der Waals surface area contributed by atoms with Gasteiger partial charge in [0.1, 0.15) is 5.75 Å². The normalized spacial score (nSPS) is 12.1. The lowest BCUT2D eigenvalue weighted by Gasteiger charge is -2.15. The Labute approximate surface area is 89.7 Å². The fourth-order valence-electron chi connectivity index (χ4n) is 1.23. The molecular weight excluding hydrogens is 192 g/mol. The first-order valence-electron chi connectivity index (χ1n) is 5.09. The van der Waals surface area contributed by atoms with E-state index < -0.39 is 5.97 Å². The van der Waals surface area contributed by atoms with Gasteiger partial charge in [0.25, 0.3) is 0 Å². The maximum atomic E-state index is 10.6. The Morgan fingerprint density at radius 3 is 2.73 bits per heavy atom. The van der Waals surface area contributed by atoms with Crippen molar-refractivity contribution in [3.63, 3.8) is 0 Å². The zero-order chi connectivity index (χ0) is 11.3. The number of ether oxygens (including phenoxy) is 1. The van der Waals surface area contributed by atoms with Crippen LogP contribution in [0.15, 0.2) is 24.3 Å². The van der Waals surface area contributed by atoms with Crippen LogP contribution in [0.25, 0.3) is 0 Å². The second-order valence-electron chi connectivity index (χ2n) is 3.51. The molecule has 15 heavy (non-hydrogen) atoms. The van der Waals surface area contributed by atoms with E-state index in [0.29, 0.717) is 5.75 Å². The zero-order valence-corrected chi connectivity index (χ0v) is 9.06. The van der Waals surface area contributed by atoms with Gasteiger partial charge >= 0.3 is 5.97 Å². The van der Waals surface area contributed by atoms with E-state index in [0.717, 1.165) is 12.0 Å². The molecule has 0 aliphatic carbocycles. The molecule has 1 rings (SSSR count). The molecule has 0 saturated carbocycles. The molecule has 1 aromatic rings. The van der Waals surface area contributed by atoms with Gasteiger partial charge in [-0.3, -0.25) is 4.79 Å². The van der Waals surface area contributed by atoms with Gasteiger partial charge in [-0.15, -0.1) is 0 Å². The molecule has 82 valence electrons. The maximum Gasteiger partial charge on any atom is 0.307 e. The van der Waals surface area contributed by atoms with E-state index in [4.69, 9.17) is 9.84 Å². The average Bonchev–Trinajstić information content (AvgIpc) is 2.20. The molecular formula is C12H16O3. The summed E-state index contributed by atoms with van der Waals surface area (Å²) in [4.78, 5) is 10.6. The quantitative estimate of drug-likeness (QED) is 0.808. The summed E-state index contributed by atoms with van der Waals surface area (Å²) in [6.45, 7) is 4.00. The van der Waals surface area contributed by atoms with Gasteiger partial charge in [-0.1, -0.05) is 25.1 Å². The first kappa shape index (κ1) is 11.6. The van der Waals surface area contributed by atoms with Crippen LogP contribution in [0.3, 0.4) is 0 Å². The van der Waals surface area contributed by atoms with E-state index in [-0.39, 0.29) is 12.5 Å². The van der Waals surface area contributed by atoms with Gasteiger partial charge in [-0.25, -0.2) is 0 Å². The van der Waals surface area contributed by atoms with E-state index in [1.807, 2.05) is 32.0 Å². The molecule has 0 saturated heterocycles. The number of rotatable bonds is 5. The van der Waals surface area contributed by atoms with E-state index in [1.54, 1.807) is 6.07 Å². The Morgan fingerprint density at radius 2 is 2.13 bits per heavy atom. The highest BCUT2D eigenvalue weighted by Gasteiger charge is 2.09. The Kier molecular flexibility index (Phi) is 4.16. The van der Waals surface area contributed by atoms with Gasteiger partial charge in [0.2, 0.25) is 0 Å². The van der Waals surface area contributed by atoms with Crippen molar-refractivity contribution in [3.8, 4) is 5.75 Å². The van der Waals surface area contributed by atoms with Gasteiger partial charge in [-0.05, 0) is 19.4 Å². The number of hydrogen-bond acceptors (Lipinski definition) is 2. The van der Waals surface area contributed by atoms with Crippen LogP contribution in [0.1, 0.15) is 25.8 Å². The fraction of sp³-hybridized carbons (Fsp3) is 0.417. The van der Waals surface area contributed by atoms with Crippen molar-refractivity contribution in [1.82, 2.24) is 0 Å². The van der Waals surface area contributed by atoms with Crippen LogP contribution in [0.4, 0.5) is 0 Å². The van der Waals surface area contributed by atoms with Gasteiger partial charge in [-0.2, -0.15) is 0 Å². The number of hydrogen-bond donors (Lipinski definition) is 1. The SMILES string of the molecule is CCC(C)Oc1ccccc1CC(=O)O. The van der Waals surface area contributed by atoms with Crippen molar-refractivity contribution < 1.29 is 14.6 Å². The van der Waals surface area contributed by atoms with Crippen LogP contribution in [0.5, 0.6) is 5.75 Å². The fourth-order valence-corrected chi connectivity index (χ4v) is 1.23. The molecule has 3 nitrogen and oxygen atoms in total. The van der Waals surface area contributed by atoms with Gasteiger partial charge in [0.05, 0.1) is 12.5 Å². The van der Waals surface area contributed by atoms with Crippen LogP contribution in [-0.2, 0) is 11.2 Å². The molecule has 0 spiro atoms. The summed E-state index contributed by atoms with van der Waals surface area (Å²) in [5.74, 6) is -0.163. The molecule has 0 aliphatic heterocycles. The molecule has 3 heteroatoms. The van der Waals surface area contributed by atoms with Crippen molar-refractivity contribution in [3.05, 3.63) is 29.8 Å². The zero-order valence-electron chi connectivity index (χ0n) is 9.06. The predicted molar refractivity (Wildman–Crippen MR) is 58.2 cm³/mol. The largest absolute Gasteiger partial charge is 0.490 e. The Hall–Kier alpha value is -1.51. The lowest BCUT2D eigenvalue weighted by Crippen LogP contribution is -2.12. The molecule has 0 amide bonds. The summed E-state index contributed by atoms with van der Waals surface area (Å²) in [6, 6.07) is 7.26. The van der Waals surface area contributed by atoms with Crippen LogP contribution in [-0.4, -0.2) is 17.2 Å². The molecule has 0 heterocycles. The Morgan fingerprint density at radius 1 is 1.47 bits per heavy atom. The highest BCUT2D eigenvalue weighted by Crippen LogP contribution is 2.20. The van der Waals surface area contributed by atoms with E-state index >= 15 is 0 Å².